The Labute approximate surface area is 108 Å². The van der Waals surface area contributed by atoms with Gasteiger partial charge in [0.05, 0.1) is 15.4 Å². The molecule has 0 radical (unpaired) electrons. The fourth-order valence-corrected chi connectivity index (χ4v) is 3.16. The normalized spacial score (nSPS) is 13.2. The predicted octanol–water partition coefficient (Wildman–Crippen LogP) is 1.45. The van der Waals surface area contributed by atoms with E-state index in [1.165, 1.54) is 12.1 Å². The third-order valence-electron chi connectivity index (χ3n) is 2.57. The van der Waals surface area contributed by atoms with Gasteiger partial charge in [-0.3, -0.25) is 0 Å². The van der Waals surface area contributed by atoms with Gasteiger partial charge in [0.15, 0.2) is 24.7 Å². The van der Waals surface area contributed by atoms with Crippen LogP contribution < -0.4 is 0 Å². The lowest BCUT2D eigenvalue weighted by Crippen LogP contribution is -2.17. The van der Waals surface area contributed by atoms with E-state index in [1.54, 1.807) is 27.7 Å². The van der Waals surface area contributed by atoms with Crippen molar-refractivity contribution in [3.63, 3.8) is 0 Å². The highest BCUT2D eigenvalue weighted by Crippen LogP contribution is 2.18. The van der Waals surface area contributed by atoms with Crippen molar-refractivity contribution < 1.29 is 16.8 Å². The maximum Gasteiger partial charge on any atom is 0.197 e. The molecule has 0 atom stereocenters. The zero-order chi connectivity index (χ0) is 14.1. The van der Waals surface area contributed by atoms with Gasteiger partial charge in [-0.15, -0.1) is 0 Å². The molecule has 0 spiro atoms. The van der Waals surface area contributed by atoms with Crippen molar-refractivity contribution in [2.75, 3.05) is 0 Å². The van der Waals surface area contributed by atoms with Crippen molar-refractivity contribution in [1.29, 1.82) is 0 Å². The van der Waals surface area contributed by atoms with Crippen molar-refractivity contribution in [2.45, 2.75) is 48.1 Å². The van der Waals surface area contributed by atoms with Gasteiger partial charge in [-0.1, -0.05) is 0 Å². The fourth-order valence-electron chi connectivity index (χ4n) is 1.22. The molecule has 1 aromatic heterocycles. The van der Waals surface area contributed by atoms with Crippen LogP contribution in [0.2, 0.25) is 0 Å². The lowest BCUT2D eigenvalue weighted by Gasteiger charge is -2.09. The Bertz CT molecular complexity index is 557. The van der Waals surface area contributed by atoms with Gasteiger partial charge in [0, 0.05) is 6.20 Å². The third kappa shape index (κ3) is 2.72. The van der Waals surface area contributed by atoms with Gasteiger partial charge in [-0.2, -0.15) is 0 Å². The average Bonchev–Trinajstić information content (AvgIpc) is 2.28. The number of rotatable bonds is 4. The molecule has 1 heterocycles. The molecule has 7 heteroatoms. The lowest BCUT2D eigenvalue weighted by molar-refractivity contribution is 0.579. The van der Waals surface area contributed by atoms with E-state index in [2.05, 4.69) is 4.98 Å². The van der Waals surface area contributed by atoms with Crippen LogP contribution in [-0.4, -0.2) is 32.3 Å². The highest BCUT2D eigenvalue weighted by molar-refractivity contribution is 7.92. The molecule has 1 rings (SSSR count). The van der Waals surface area contributed by atoms with Gasteiger partial charge in [0.25, 0.3) is 0 Å². The van der Waals surface area contributed by atoms with Crippen molar-refractivity contribution in [1.82, 2.24) is 4.98 Å². The number of nitrogens with zero attached hydrogens (tertiary/aromatic N) is 1. The van der Waals surface area contributed by atoms with E-state index in [0.29, 0.717) is 0 Å². The second-order valence-electron chi connectivity index (χ2n) is 4.52. The minimum atomic E-state index is -3.47. The molecule has 5 nitrogen and oxygen atoms in total. The first-order valence-electron chi connectivity index (χ1n) is 5.54. The van der Waals surface area contributed by atoms with Gasteiger partial charge in [-0.05, 0) is 39.8 Å². The molecule has 18 heavy (non-hydrogen) atoms. The molecule has 0 aromatic carbocycles. The Morgan fingerprint density at radius 2 is 1.39 bits per heavy atom. The molecule has 0 amide bonds. The molecule has 0 bridgehead atoms. The van der Waals surface area contributed by atoms with E-state index in [9.17, 15) is 16.8 Å². The van der Waals surface area contributed by atoms with Gasteiger partial charge >= 0.3 is 0 Å². The Hall–Kier alpha value is -0.950. The number of pyridine rings is 1. The van der Waals surface area contributed by atoms with E-state index in [4.69, 9.17) is 0 Å². The quantitative estimate of drug-likeness (QED) is 0.838. The number of hydrogen-bond acceptors (Lipinski definition) is 5. The van der Waals surface area contributed by atoms with Crippen LogP contribution in [0.25, 0.3) is 0 Å². The van der Waals surface area contributed by atoms with Gasteiger partial charge in [-0.25, -0.2) is 21.8 Å². The topological polar surface area (TPSA) is 81.2 Å². The molecule has 1 aromatic rings. The van der Waals surface area contributed by atoms with Crippen LogP contribution in [0.4, 0.5) is 0 Å². The summed E-state index contributed by atoms with van der Waals surface area (Å²) >= 11 is 0. The molecular weight excluding hydrogens is 274 g/mol. The van der Waals surface area contributed by atoms with E-state index < -0.39 is 30.2 Å². The average molecular weight is 291 g/mol. The van der Waals surface area contributed by atoms with Crippen LogP contribution in [0.3, 0.4) is 0 Å². The summed E-state index contributed by atoms with van der Waals surface area (Å²) in [4.78, 5) is 3.80. The summed E-state index contributed by atoms with van der Waals surface area (Å²) in [6.07, 6.45) is 1.10. The van der Waals surface area contributed by atoms with Crippen LogP contribution in [0, 0.1) is 0 Å². The number of sulfone groups is 2. The summed E-state index contributed by atoms with van der Waals surface area (Å²) in [5, 5.41) is -1.25. The van der Waals surface area contributed by atoms with E-state index in [1.807, 2.05) is 0 Å². The molecule has 0 aliphatic heterocycles. The smallest absolute Gasteiger partial charge is 0.197 e. The molecular formula is C11H17NO4S2. The molecule has 0 saturated heterocycles. The predicted molar refractivity (Wildman–Crippen MR) is 68.9 cm³/mol. The second kappa shape index (κ2) is 4.97. The maximum atomic E-state index is 11.8. The number of aromatic nitrogens is 1. The highest BCUT2D eigenvalue weighted by Gasteiger charge is 2.23. The monoisotopic (exact) mass is 291 g/mol. The molecule has 0 fully saturated rings. The van der Waals surface area contributed by atoms with Crippen LogP contribution in [0.1, 0.15) is 27.7 Å². The Morgan fingerprint density at radius 3 is 1.72 bits per heavy atom. The molecule has 0 unspecified atom stereocenters. The summed E-state index contributed by atoms with van der Waals surface area (Å²) in [7, 11) is -6.88. The van der Waals surface area contributed by atoms with Crippen molar-refractivity contribution in [3.8, 4) is 0 Å². The zero-order valence-corrected chi connectivity index (χ0v) is 12.4. The van der Waals surface area contributed by atoms with Crippen LogP contribution in [0.5, 0.6) is 0 Å². The molecule has 102 valence electrons. The van der Waals surface area contributed by atoms with Crippen LogP contribution in [-0.2, 0) is 19.7 Å². The van der Waals surface area contributed by atoms with E-state index in [0.717, 1.165) is 6.20 Å². The van der Waals surface area contributed by atoms with Crippen LogP contribution >= 0.6 is 0 Å². The van der Waals surface area contributed by atoms with Gasteiger partial charge in [0.1, 0.15) is 0 Å². The molecule has 0 N–H and O–H groups in total. The number of hydrogen-bond donors (Lipinski definition) is 0. The van der Waals surface area contributed by atoms with Gasteiger partial charge in [0.2, 0.25) is 0 Å². The summed E-state index contributed by atoms with van der Waals surface area (Å²) in [5.74, 6) is 0. The molecule has 0 saturated carbocycles. The maximum absolute atomic E-state index is 11.8. The lowest BCUT2D eigenvalue weighted by atomic mass is 10.5. The van der Waals surface area contributed by atoms with Crippen molar-refractivity contribution >= 4 is 19.7 Å². The van der Waals surface area contributed by atoms with E-state index in [-0.39, 0.29) is 9.92 Å². The molecule has 0 aliphatic rings. The minimum absolute atomic E-state index is 0.0419. The zero-order valence-electron chi connectivity index (χ0n) is 10.8. The van der Waals surface area contributed by atoms with Crippen LogP contribution in [0.15, 0.2) is 28.3 Å². The Balaban J connectivity index is 3.25. The first-order valence-corrected chi connectivity index (χ1v) is 8.63. The van der Waals surface area contributed by atoms with Crippen molar-refractivity contribution in [2.24, 2.45) is 0 Å². The summed E-state index contributed by atoms with van der Waals surface area (Å²) in [6, 6.07) is 2.53. The second-order valence-corrected chi connectivity index (χ2v) is 9.48. The minimum Gasteiger partial charge on any atom is -0.243 e. The first-order chi connectivity index (χ1) is 8.10. The Kier molecular flexibility index (Phi) is 4.17. The van der Waals surface area contributed by atoms with Gasteiger partial charge < -0.3 is 0 Å². The largest absolute Gasteiger partial charge is 0.243 e. The molecule has 0 aliphatic carbocycles. The Morgan fingerprint density at radius 1 is 0.889 bits per heavy atom. The summed E-state index contributed by atoms with van der Waals surface area (Å²) in [6.45, 7) is 6.23. The standard InChI is InChI=1S/C11H17NO4S2/c1-8(2)17(13,14)10-5-6-11(12-7-10)18(15,16)9(3)4/h5-9H,1-4H3. The highest BCUT2D eigenvalue weighted by atomic mass is 32.2. The first kappa shape index (κ1) is 15.1. The fraction of sp³-hybridized carbons (Fsp3) is 0.545. The summed E-state index contributed by atoms with van der Waals surface area (Å²) in [5.41, 5.74) is 0. The SMILES string of the molecule is CC(C)S(=O)(=O)c1ccc(S(=O)(=O)C(C)C)nc1. The van der Waals surface area contributed by atoms with E-state index >= 15 is 0 Å². The van der Waals surface area contributed by atoms with Crippen molar-refractivity contribution in [3.05, 3.63) is 18.3 Å². The summed E-state index contributed by atoms with van der Waals surface area (Å²) < 4.78 is 47.3. The third-order valence-corrected chi connectivity index (χ3v) is 6.78.